The molecule has 0 radical (unpaired) electrons. The van der Waals surface area contributed by atoms with Gasteiger partial charge in [-0.15, -0.1) is 0 Å². The van der Waals surface area contributed by atoms with Crippen molar-refractivity contribution in [3.8, 4) is 0 Å². The molecule has 1 N–H and O–H groups in total. The van der Waals surface area contributed by atoms with E-state index in [1.54, 1.807) is 0 Å². The molecule has 1 heterocycles. The highest BCUT2D eigenvalue weighted by molar-refractivity contribution is 7.89. The van der Waals surface area contributed by atoms with Gasteiger partial charge in [0.05, 0.1) is 11.7 Å². The highest BCUT2D eigenvalue weighted by atomic mass is 32.2. The first-order valence-corrected chi connectivity index (χ1v) is 9.30. The molecule has 0 atom stereocenters. The van der Waals surface area contributed by atoms with Crippen molar-refractivity contribution in [2.75, 3.05) is 19.7 Å². The number of hydrogen-bond acceptors (Lipinski definition) is 4. The van der Waals surface area contributed by atoms with E-state index in [0.717, 1.165) is 18.2 Å². The van der Waals surface area contributed by atoms with E-state index in [2.05, 4.69) is 0 Å². The molecule has 134 valence electrons. The predicted molar refractivity (Wildman–Crippen MR) is 85.9 cm³/mol. The van der Waals surface area contributed by atoms with E-state index in [9.17, 15) is 17.6 Å². The molecule has 0 bridgehead atoms. The molecule has 1 aromatic carbocycles. The third-order valence-electron chi connectivity index (χ3n) is 3.86. The number of nitrogens with zero attached hydrogens (tertiary/aromatic N) is 1. The first kappa shape index (κ1) is 18.8. The molecule has 0 saturated carbocycles. The minimum Gasteiger partial charge on any atom is -0.478 e. The van der Waals surface area contributed by atoms with Gasteiger partial charge in [0.25, 0.3) is 0 Å². The Bertz CT molecular complexity index is 696. The quantitative estimate of drug-likeness (QED) is 0.843. The van der Waals surface area contributed by atoms with Gasteiger partial charge >= 0.3 is 5.97 Å². The molecule has 0 amide bonds. The number of carboxylic acids is 1. The lowest BCUT2D eigenvalue weighted by molar-refractivity contribution is 0.00746. The van der Waals surface area contributed by atoms with E-state index < -0.39 is 26.7 Å². The van der Waals surface area contributed by atoms with E-state index >= 15 is 0 Å². The van der Waals surface area contributed by atoms with Gasteiger partial charge in [0, 0.05) is 19.7 Å². The van der Waals surface area contributed by atoms with Gasteiger partial charge in [-0.25, -0.2) is 17.6 Å². The van der Waals surface area contributed by atoms with Crippen molar-refractivity contribution in [3.05, 3.63) is 29.6 Å². The van der Waals surface area contributed by atoms with Crippen molar-refractivity contribution in [3.63, 3.8) is 0 Å². The Balaban J connectivity index is 2.08. The molecular formula is C16H22FNO5S. The van der Waals surface area contributed by atoms with Crippen molar-refractivity contribution in [2.45, 2.75) is 37.7 Å². The van der Waals surface area contributed by atoms with Crippen molar-refractivity contribution >= 4 is 16.0 Å². The van der Waals surface area contributed by atoms with Gasteiger partial charge in [0.15, 0.2) is 0 Å². The van der Waals surface area contributed by atoms with Crippen LogP contribution >= 0.6 is 0 Å². The lowest BCUT2D eigenvalue weighted by Crippen LogP contribution is -2.41. The number of benzene rings is 1. The number of carboxylic acid groups (broad SMARTS) is 1. The third kappa shape index (κ3) is 4.31. The summed E-state index contributed by atoms with van der Waals surface area (Å²) in [6, 6.07) is 2.83. The molecule has 2 rings (SSSR count). The zero-order valence-electron chi connectivity index (χ0n) is 13.7. The summed E-state index contributed by atoms with van der Waals surface area (Å²) < 4.78 is 46.1. The average Bonchev–Trinajstić information content (AvgIpc) is 2.52. The van der Waals surface area contributed by atoms with Gasteiger partial charge < -0.3 is 9.84 Å². The van der Waals surface area contributed by atoms with Crippen molar-refractivity contribution < 1.29 is 27.4 Å². The van der Waals surface area contributed by atoms with Crippen LogP contribution in [-0.2, 0) is 14.8 Å². The van der Waals surface area contributed by atoms with Crippen LogP contribution in [0.1, 0.15) is 37.0 Å². The van der Waals surface area contributed by atoms with Crippen LogP contribution in [0.4, 0.5) is 4.39 Å². The van der Waals surface area contributed by atoms with Gasteiger partial charge in [-0.2, -0.15) is 4.31 Å². The molecule has 0 spiro atoms. The number of ether oxygens (including phenoxy) is 1. The minimum atomic E-state index is -3.98. The van der Waals surface area contributed by atoms with E-state index in [-0.39, 0.29) is 24.8 Å². The summed E-state index contributed by atoms with van der Waals surface area (Å²) in [5.74, 6) is -1.94. The van der Waals surface area contributed by atoms with E-state index in [0.29, 0.717) is 25.4 Å². The van der Waals surface area contributed by atoms with Crippen LogP contribution in [0.25, 0.3) is 0 Å². The van der Waals surface area contributed by atoms with Crippen LogP contribution in [0.2, 0.25) is 0 Å². The van der Waals surface area contributed by atoms with Gasteiger partial charge in [-0.05, 0) is 37.0 Å². The SMILES string of the molecule is CC(C)COC1CCN(S(=O)(=O)c2ccc(C(=O)O)cc2F)CC1. The number of halogens is 1. The lowest BCUT2D eigenvalue weighted by Gasteiger charge is -2.31. The van der Waals surface area contributed by atoms with Crippen molar-refractivity contribution in [1.82, 2.24) is 4.31 Å². The highest BCUT2D eigenvalue weighted by Crippen LogP contribution is 2.25. The first-order chi connectivity index (χ1) is 11.2. The van der Waals surface area contributed by atoms with Crippen LogP contribution in [-0.4, -0.2) is 49.6 Å². The largest absolute Gasteiger partial charge is 0.478 e. The molecule has 0 aliphatic carbocycles. The number of rotatable bonds is 6. The molecule has 1 aliphatic rings. The Morgan fingerprint density at radius 3 is 2.50 bits per heavy atom. The number of sulfonamides is 1. The molecule has 6 nitrogen and oxygen atoms in total. The standard InChI is InChI=1S/C16H22FNO5S/c1-11(2)10-23-13-5-7-18(8-6-13)24(21,22)15-4-3-12(16(19)20)9-14(15)17/h3-4,9,11,13H,5-8,10H2,1-2H3,(H,19,20). The van der Waals surface area contributed by atoms with Crippen LogP contribution < -0.4 is 0 Å². The zero-order chi connectivity index (χ0) is 17.9. The number of hydrogen-bond donors (Lipinski definition) is 1. The summed E-state index contributed by atoms with van der Waals surface area (Å²) >= 11 is 0. The van der Waals surface area contributed by atoms with Crippen molar-refractivity contribution in [2.24, 2.45) is 5.92 Å². The Labute approximate surface area is 141 Å². The van der Waals surface area contributed by atoms with Crippen LogP contribution in [0, 0.1) is 11.7 Å². The highest BCUT2D eigenvalue weighted by Gasteiger charge is 2.32. The summed E-state index contributed by atoms with van der Waals surface area (Å²) in [5, 5.41) is 8.83. The minimum absolute atomic E-state index is 0.0121. The molecule has 8 heteroatoms. The van der Waals surface area contributed by atoms with E-state index in [1.807, 2.05) is 13.8 Å². The molecule has 1 aliphatic heterocycles. The smallest absolute Gasteiger partial charge is 0.335 e. The number of aromatic carboxylic acids is 1. The second-order valence-corrected chi connectivity index (χ2v) is 8.19. The molecule has 1 fully saturated rings. The summed E-state index contributed by atoms with van der Waals surface area (Å²) in [4.78, 5) is 10.3. The molecule has 1 saturated heterocycles. The molecular weight excluding hydrogens is 337 g/mol. The van der Waals surface area contributed by atoms with Crippen LogP contribution in [0.3, 0.4) is 0 Å². The summed E-state index contributed by atoms with van der Waals surface area (Å²) in [6.07, 6.45) is 1.12. The second kappa shape index (κ2) is 7.58. The Kier molecular flexibility index (Phi) is 5.95. The summed E-state index contributed by atoms with van der Waals surface area (Å²) in [7, 11) is -3.98. The van der Waals surface area contributed by atoms with Crippen LogP contribution in [0.5, 0.6) is 0 Å². The Morgan fingerprint density at radius 2 is 2.00 bits per heavy atom. The third-order valence-corrected chi connectivity index (χ3v) is 5.79. The first-order valence-electron chi connectivity index (χ1n) is 7.86. The van der Waals surface area contributed by atoms with E-state index in [4.69, 9.17) is 9.84 Å². The van der Waals surface area contributed by atoms with Gasteiger partial charge in [0.1, 0.15) is 10.7 Å². The second-order valence-electron chi connectivity index (χ2n) is 6.28. The summed E-state index contributed by atoms with van der Waals surface area (Å²) in [5.41, 5.74) is -0.285. The fraction of sp³-hybridized carbons (Fsp3) is 0.562. The zero-order valence-corrected chi connectivity index (χ0v) is 14.6. The van der Waals surface area contributed by atoms with Gasteiger partial charge in [0.2, 0.25) is 10.0 Å². The molecule has 0 unspecified atom stereocenters. The Hall–Kier alpha value is -1.51. The van der Waals surface area contributed by atoms with Gasteiger partial charge in [-0.3, -0.25) is 0 Å². The monoisotopic (exact) mass is 359 g/mol. The maximum Gasteiger partial charge on any atom is 0.335 e. The topological polar surface area (TPSA) is 83.9 Å². The maximum atomic E-state index is 14.1. The van der Waals surface area contributed by atoms with E-state index in [1.165, 1.54) is 4.31 Å². The normalized spacial score (nSPS) is 17.3. The fourth-order valence-corrected chi connectivity index (χ4v) is 4.06. The molecule has 24 heavy (non-hydrogen) atoms. The Morgan fingerprint density at radius 1 is 1.38 bits per heavy atom. The van der Waals surface area contributed by atoms with Crippen molar-refractivity contribution in [1.29, 1.82) is 0 Å². The molecule has 1 aromatic rings. The number of piperidine rings is 1. The maximum absolute atomic E-state index is 14.1. The summed E-state index contributed by atoms with van der Waals surface area (Å²) in [6.45, 7) is 5.23. The fourth-order valence-electron chi connectivity index (χ4n) is 2.55. The molecule has 0 aromatic heterocycles. The van der Waals surface area contributed by atoms with Crippen LogP contribution in [0.15, 0.2) is 23.1 Å². The predicted octanol–water partition coefficient (Wildman–Crippen LogP) is 2.35. The lowest BCUT2D eigenvalue weighted by atomic mass is 10.1. The average molecular weight is 359 g/mol. The number of carbonyl (C=O) groups is 1. The van der Waals surface area contributed by atoms with Gasteiger partial charge in [-0.1, -0.05) is 13.8 Å².